The summed E-state index contributed by atoms with van der Waals surface area (Å²) in [6.07, 6.45) is 4.58. The molecule has 0 heterocycles. The lowest BCUT2D eigenvalue weighted by Crippen LogP contribution is -2.13. The van der Waals surface area contributed by atoms with Crippen molar-refractivity contribution in [3.63, 3.8) is 0 Å². The number of aliphatic carboxylic acids is 1. The Morgan fingerprint density at radius 2 is 2.07 bits per heavy atom. The minimum Gasteiger partial charge on any atom is -0.481 e. The first-order valence-electron chi connectivity index (χ1n) is 5.53. The summed E-state index contributed by atoms with van der Waals surface area (Å²) in [7, 11) is 0. The number of carboxylic acid groups (broad SMARTS) is 1. The molecule has 0 saturated carbocycles. The highest BCUT2D eigenvalue weighted by molar-refractivity contribution is 5.76. The summed E-state index contributed by atoms with van der Waals surface area (Å²) in [5.74, 6) is -1.10. The number of hydrogen-bond donors (Lipinski definition) is 1. The summed E-state index contributed by atoms with van der Waals surface area (Å²) in [5, 5.41) is 9.04. The summed E-state index contributed by atoms with van der Waals surface area (Å²) in [6, 6.07) is 6.08. The SMILES string of the molecule is C[C@H](C(=O)O)c1cccc2c1CCCC2. The highest BCUT2D eigenvalue weighted by Crippen LogP contribution is 2.29. The molecule has 2 heteroatoms. The highest BCUT2D eigenvalue weighted by atomic mass is 16.4. The van der Waals surface area contributed by atoms with E-state index in [0.717, 1.165) is 18.4 Å². The van der Waals surface area contributed by atoms with Crippen molar-refractivity contribution in [2.24, 2.45) is 0 Å². The molecule has 0 bridgehead atoms. The molecule has 0 radical (unpaired) electrons. The third-order valence-electron chi connectivity index (χ3n) is 3.27. The Balaban J connectivity index is 2.43. The number of aryl methyl sites for hydroxylation is 1. The van der Waals surface area contributed by atoms with Crippen molar-refractivity contribution < 1.29 is 9.90 Å². The van der Waals surface area contributed by atoms with Crippen molar-refractivity contribution >= 4 is 5.97 Å². The number of fused-ring (bicyclic) bond motifs is 1. The Labute approximate surface area is 89.9 Å². The number of hydrogen-bond acceptors (Lipinski definition) is 1. The minimum atomic E-state index is -0.728. The van der Waals surface area contributed by atoms with Gasteiger partial charge in [0.15, 0.2) is 0 Å². The van der Waals surface area contributed by atoms with Gasteiger partial charge in [-0.25, -0.2) is 0 Å². The van der Waals surface area contributed by atoms with Crippen LogP contribution in [-0.2, 0) is 17.6 Å². The van der Waals surface area contributed by atoms with Crippen LogP contribution in [-0.4, -0.2) is 11.1 Å². The Bertz CT molecular complexity index is 382. The molecule has 0 saturated heterocycles. The lowest BCUT2D eigenvalue weighted by molar-refractivity contribution is -0.138. The maximum absolute atomic E-state index is 11.0. The van der Waals surface area contributed by atoms with Gasteiger partial charge in [-0.2, -0.15) is 0 Å². The maximum atomic E-state index is 11.0. The zero-order valence-electron chi connectivity index (χ0n) is 8.99. The van der Waals surface area contributed by atoms with E-state index in [9.17, 15) is 4.79 Å². The highest BCUT2D eigenvalue weighted by Gasteiger charge is 2.20. The van der Waals surface area contributed by atoms with Crippen LogP contribution in [0.1, 0.15) is 42.4 Å². The van der Waals surface area contributed by atoms with E-state index in [-0.39, 0.29) is 5.92 Å². The Kier molecular flexibility index (Phi) is 2.76. The molecule has 0 fully saturated rings. The predicted octanol–water partition coefficient (Wildman–Crippen LogP) is 2.75. The summed E-state index contributed by atoms with van der Waals surface area (Å²) < 4.78 is 0. The smallest absolute Gasteiger partial charge is 0.310 e. The van der Waals surface area contributed by atoms with Crippen molar-refractivity contribution in [1.82, 2.24) is 0 Å². The largest absolute Gasteiger partial charge is 0.481 e. The number of carbonyl (C=O) groups is 1. The lowest BCUT2D eigenvalue weighted by atomic mass is 9.84. The van der Waals surface area contributed by atoms with Gasteiger partial charge in [0.05, 0.1) is 5.92 Å². The summed E-state index contributed by atoms with van der Waals surface area (Å²) in [4.78, 5) is 11.0. The van der Waals surface area contributed by atoms with E-state index in [1.165, 1.54) is 24.0 Å². The van der Waals surface area contributed by atoms with Crippen LogP contribution in [0.4, 0.5) is 0 Å². The fraction of sp³-hybridized carbons (Fsp3) is 0.462. The van der Waals surface area contributed by atoms with Crippen LogP contribution < -0.4 is 0 Å². The van der Waals surface area contributed by atoms with Crippen LogP contribution in [0, 0.1) is 0 Å². The van der Waals surface area contributed by atoms with Crippen molar-refractivity contribution in [3.8, 4) is 0 Å². The Hall–Kier alpha value is -1.31. The Morgan fingerprint density at radius 1 is 1.33 bits per heavy atom. The van der Waals surface area contributed by atoms with Crippen molar-refractivity contribution in [1.29, 1.82) is 0 Å². The second kappa shape index (κ2) is 4.05. The molecule has 15 heavy (non-hydrogen) atoms. The van der Waals surface area contributed by atoms with Crippen molar-refractivity contribution in [3.05, 3.63) is 34.9 Å². The van der Waals surface area contributed by atoms with Gasteiger partial charge in [-0.1, -0.05) is 18.2 Å². The third kappa shape index (κ3) is 1.89. The van der Waals surface area contributed by atoms with Gasteiger partial charge in [0.2, 0.25) is 0 Å². The number of benzene rings is 1. The average molecular weight is 204 g/mol. The van der Waals surface area contributed by atoms with Crippen LogP contribution in [0.5, 0.6) is 0 Å². The monoisotopic (exact) mass is 204 g/mol. The molecule has 0 unspecified atom stereocenters. The molecule has 1 N–H and O–H groups in total. The van der Waals surface area contributed by atoms with Gasteiger partial charge in [0.1, 0.15) is 0 Å². The lowest BCUT2D eigenvalue weighted by Gasteiger charge is -2.21. The molecule has 1 aromatic rings. The molecule has 2 rings (SSSR count). The van der Waals surface area contributed by atoms with Gasteiger partial charge in [0, 0.05) is 0 Å². The van der Waals surface area contributed by atoms with Gasteiger partial charge in [0.25, 0.3) is 0 Å². The second-order valence-electron chi connectivity index (χ2n) is 4.25. The van der Waals surface area contributed by atoms with Crippen LogP contribution in [0.2, 0.25) is 0 Å². The summed E-state index contributed by atoms with van der Waals surface area (Å²) in [6.45, 7) is 1.77. The van der Waals surface area contributed by atoms with Gasteiger partial charge < -0.3 is 5.11 Å². The van der Waals surface area contributed by atoms with E-state index in [2.05, 4.69) is 6.07 Å². The first kappa shape index (κ1) is 10.2. The van der Waals surface area contributed by atoms with Crippen LogP contribution in [0.15, 0.2) is 18.2 Å². The topological polar surface area (TPSA) is 37.3 Å². The zero-order valence-corrected chi connectivity index (χ0v) is 8.99. The van der Waals surface area contributed by atoms with E-state index in [1.807, 2.05) is 12.1 Å². The zero-order chi connectivity index (χ0) is 10.8. The second-order valence-corrected chi connectivity index (χ2v) is 4.25. The van der Waals surface area contributed by atoms with Crippen molar-refractivity contribution in [2.45, 2.75) is 38.5 Å². The van der Waals surface area contributed by atoms with Gasteiger partial charge >= 0.3 is 5.97 Å². The Morgan fingerprint density at radius 3 is 2.80 bits per heavy atom. The van der Waals surface area contributed by atoms with Crippen LogP contribution >= 0.6 is 0 Å². The molecule has 1 atom stereocenters. The first-order valence-corrected chi connectivity index (χ1v) is 5.53. The first-order chi connectivity index (χ1) is 7.20. The fourth-order valence-electron chi connectivity index (χ4n) is 2.35. The van der Waals surface area contributed by atoms with Crippen LogP contribution in [0.3, 0.4) is 0 Å². The van der Waals surface area contributed by atoms with Gasteiger partial charge in [-0.15, -0.1) is 0 Å². The van der Waals surface area contributed by atoms with E-state index in [4.69, 9.17) is 5.11 Å². The van der Waals surface area contributed by atoms with E-state index < -0.39 is 5.97 Å². The average Bonchev–Trinajstić information content (AvgIpc) is 2.27. The molecule has 1 aliphatic rings. The molecule has 1 aromatic carbocycles. The molecule has 0 aromatic heterocycles. The molecule has 0 amide bonds. The summed E-state index contributed by atoms with van der Waals surface area (Å²) >= 11 is 0. The maximum Gasteiger partial charge on any atom is 0.310 e. The molecular formula is C13H16O2. The quantitative estimate of drug-likeness (QED) is 0.804. The fourth-order valence-corrected chi connectivity index (χ4v) is 2.35. The third-order valence-corrected chi connectivity index (χ3v) is 3.27. The predicted molar refractivity (Wildman–Crippen MR) is 59.1 cm³/mol. The standard InChI is InChI=1S/C13H16O2/c1-9(13(14)15)11-8-4-6-10-5-2-3-7-12(10)11/h4,6,8-9H,2-3,5,7H2,1H3,(H,14,15)/t9-/m0/s1. The molecule has 1 aliphatic carbocycles. The van der Waals surface area contributed by atoms with E-state index in [1.54, 1.807) is 6.92 Å². The van der Waals surface area contributed by atoms with E-state index >= 15 is 0 Å². The summed E-state index contributed by atoms with van der Waals surface area (Å²) in [5.41, 5.74) is 3.66. The minimum absolute atomic E-state index is 0.377. The molecule has 2 nitrogen and oxygen atoms in total. The van der Waals surface area contributed by atoms with Gasteiger partial charge in [-0.3, -0.25) is 4.79 Å². The van der Waals surface area contributed by atoms with Crippen LogP contribution in [0.25, 0.3) is 0 Å². The molecular weight excluding hydrogens is 188 g/mol. The molecule has 80 valence electrons. The molecule has 0 spiro atoms. The normalized spacial score (nSPS) is 16.9. The van der Waals surface area contributed by atoms with Gasteiger partial charge in [-0.05, 0) is 49.3 Å². The number of rotatable bonds is 2. The molecule has 0 aliphatic heterocycles. The van der Waals surface area contributed by atoms with E-state index in [0.29, 0.717) is 0 Å². The number of carboxylic acids is 1. The van der Waals surface area contributed by atoms with Crippen molar-refractivity contribution in [2.75, 3.05) is 0 Å².